The summed E-state index contributed by atoms with van der Waals surface area (Å²) in [6.07, 6.45) is -3.49. The molecule has 0 unspecified atom stereocenters. The molecule has 0 aliphatic carbocycles. The maximum absolute atomic E-state index is 12.1. The van der Waals surface area contributed by atoms with Crippen molar-refractivity contribution in [2.75, 3.05) is 7.05 Å². The maximum atomic E-state index is 12.1. The minimum absolute atomic E-state index is 0.112. The van der Waals surface area contributed by atoms with Gasteiger partial charge < -0.3 is 14.2 Å². The molecule has 1 heterocycles. The highest BCUT2D eigenvalue weighted by atomic mass is 19.4. The van der Waals surface area contributed by atoms with Crippen molar-refractivity contribution in [2.45, 2.75) is 12.9 Å². The Kier molecular flexibility index (Phi) is 4.15. The van der Waals surface area contributed by atoms with Crippen LogP contribution in [0.3, 0.4) is 0 Å². The lowest BCUT2D eigenvalue weighted by atomic mass is 10.2. The highest BCUT2D eigenvalue weighted by molar-refractivity contribution is 5.91. The molecule has 0 saturated carbocycles. The van der Waals surface area contributed by atoms with Crippen LogP contribution in [0.1, 0.15) is 16.1 Å². The first-order chi connectivity index (χ1) is 9.85. The standard InChI is InChI=1S/C13H11F3N2O3/c1-18(12(19)11-5-6-20-17-11)8-9-3-2-4-10(7-9)21-13(14,15)16/h2-7H,8H2,1H3. The summed E-state index contributed by atoms with van der Waals surface area (Å²) in [6, 6.07) is 6.83. The van der Waals surface area contributed by atoms with E-state index in [0.29, 0.717) is 5.56 Å². The fourth-order valence-electron chi connectivity index (χ4n) is 1.71. The summed E-state index contributed by atoms with van der Waals surface area (Å²) in [5, 5.41) is 3.51. The predicted octanol–water partition coefficient (Wildman–Crippen LogP) is 2.85. The van der Waals surface area contributed by atoms with Gasteiger partial charge in [-0.05, 0) is 17.7 Å². The van der Waals surface area contributed by atoms with Gasteiger partial charge in [0.05, 0.1) is 0 Å². The Labute approximate surface area is 117 Å². The second-order valence-electron chi connectivity index (χ2n) is 4.24. The molecule has 2 rings (SSSR count). The van der Waals surface area contributed by atoms with Crippen molar-refractivity contribution < 1.29 is 27.2 Å². The van der Waals surface area contributed by atoms with Gasteiger partial charge in [-0.2, -0.15) is 0 Å². The topological polar surface area (TPSA) is 55.6 Å². The predicted molar refractivity (Wildman–Crippen MR) is 65.4 cm³/mol. The summed E-state index contributed by atoms with van der Waals surface area (Å²) in [6.45, 7) is 0.112. The lowest BCUT2D eigenvalue weighted by Crippen LogP contribution is -2.26. The highest BCUT2D eigenvalue weighted by Gasteiger charge is 2.31. The third kappa shape index (κ3) is 4.23. The quantitative estimate of drug-likeness (QED) is 0.871. The molecule has 1 aromatic carbocycles. The molecule has 0 bridgehead atoms. The minimum Gasteiger partial charge on any atom is -0.406 e. The van der Waals surface area contributed by atoms with Crippen molar-refractivity contribution in [1.82, 2.24) is 10.1 Å². The monoisotopic (exact) mass is 300 g/mol. The summed E-state index contributed by atoms with van der Waals surface area (Å²) in [5.41, 5.74) is 0.622. The van der Waals surface area contributed by atoms with E-state index >= 15 is 0 Å². The first-order valence-corrected chi connectivity index (χ1v) is 5.86. The number of carbonyl (C=O) groups is 1. The van der Waals surface area contributed by atoms with Gasteiger partial charge >= 0.3 is 6.36 Å². The molecular formula is C13H11F3N2O3. The van der Waals surface area contributed by atoms with Crippen LogP contribution in [0.15, 0.2) is 41.1 Å². The number of ether oxygens (including phenoxy) is 1. The van der Waals surface area contributed by atoms with Gasteiger partial charge in [0.25, 0.3) is 5.91 Å². The normalized spacial score (nSPS) is 11.2. The Balaban J connectivity index is 2.06. The lowest BCUT2D eigenvalue weighted by molar-refractivity contribution is -0.274. The van der Waals surface area contributed by atoms with Crippen LogP contribution in [0.2, 0.25) is 0 Å². The Morgan fingerprint density at radius 2 is 2.14 bits per heavy atom. The molecule has 112 valence electrons. The number of benzene rings is 1. The SMILES string of the molecule is CN(Cc1cccc(OC(F)(F)F)c1)C(=O)c1ccon1. The fourth-order valence-corrected chi connectivity index (χ4v) is 1.71. The van der Waals surface area contributed by atoms with E-state index in [4.69, 9.17) is 0 Å². The average molecular weight is 300 g/mol. The smallest absolute Gasteiger partial charge is 0.406 e. The first kappa shape index (κ1) is 14.9. The molecule has 0 N–H and O–H groups in total. The molecule has 0 aliphatic rings. The average Bonchev–Trinajstić information content (AvgIpc) is 2.89. The van der Waals surface area contributed by atoms with E-state index in [1.54, 1.807) is 6.07 Å². The summed E-state index contributed by atoms with van der Waals surface area (Å²) in [7, 11) is 1.51. The molecule has 0 fully saturated rings. The molecule has 0 aliphatic heterocycles. The van der Waals surface area contributed by atoms with E-state index in [1.165, 1.54) is 42.5 Å². The molecule has 8 heteroatoms. The molecule has 1 amide bonds. The van der Waals surface area contributed by atoms with Crippen molar-refractivity contribution in [1.29, 1.82) is 0 Å². The number of hydrogen-bond acceptors (Lipinski definition) is 4. The Morgan fingerprint density at radius 3 is 2.76 bits per heavy atom. The summed E-state index contributed by atoms with van der Waals surface area (Å²) >= 11 is 0. The zero-order valence-corrected chi connectivity index (χ0v) is 10.9. The van der Waals surface area contributed by atoms with Gasteiger partial charge in [0, 0.05) is 19.7 Å². The van der Waals surface area contributed by atoms with Crippen LogP contribution in [0.5, 0.6) is 5.75 Å². The summed E-state index contributed by atoms with van der Waals surface area (Å²) in [5.74, 6) is -0.729. The second-order valence-corrected chi connectivity index (χ2v) is 4.24. The van der Waals surface area contributed by atoms with E-state index in [-0.39, 0.29) is 18.0 Å². The second kappa shape index (κ2) is 5.86. The Hall–Kier alpha value is -2.51. The van der Waals surface area contributed by atoms with Crippen LogP contribution in [-0.4, -0.2) is 29.4 Å². The molecule has 2 aromatic rings. The van der Waals surface area contributed by atoms with Crippen LogP contribution < -0.4 is 4.74 Å². The van der Waals surface area contributed by atoms with Crippen molar-refractivity contribution in [2.24, 2.45) is 0 Å². The molecule has 21 heavy (non-hydrogen) atoms. The van der Waals surface area contributed by atoms with Crippen molar-refractivity contribution in [3.63, 3.8) is 0 Å². The van der Waals surface area contributed by atoms with Crippen LogP contribution in [-0.2, 0) is 6.54 Å². The van der Waals surface area contributed by atoms with Crippen molar-refractivity contribution >= 4 is 5.91 Å². The zero-order chi connectivity index (χ0) is 15.5. The maximum Gasteiger partial charge on any atom is 0.573 e. The number of rotatable bonds is 4. The van der Waals surface area contributed by atoms with Gasteiger partial charge in [0.15, 0.2) is 5.69 Å². The number of amides is 1. The highest BCUT2D eigenvalue weighted by Crippen LogP contribution is 2.23. The number of halogens is 3. The van der Waals surface area contributed by atoms with Gasteiger partial charge in [0.1, 0.15) is 12.0 Å². The van der Waals surface area contributed by atoms with E-state index in [1.807, 2.05) is 0 Å². The largest absolute Gasteiger partial charge is 0.573 e. The van der Waals surface area contributed by atoms with Gasteiger partial charge in [-0.25, -0.2) is 0 Å². The van der Waals surface area contributed by atoms with E-state index in [9.17, 15) is 18.0 Å². The van der Waals surface area contributed by atoms with Gasteiger partial charge in [-0.3, -0.25) is 4.79 Å². The lowest BCUT2D eigenvalue weighted by Gasteiger charge is -2.16. The molecular weight excluding hydrogens is 289 g/mol. The molecule has 0 radical (unpaired) electrons. The molecule has 0 saturated heterocycles. The first-order valence-electron chi connectivity index (χ1n) is 5.86. The van der Waals surface area contributed by atoms with E-state index in [0.717, 1.165) is 0 Å². The Bertz CT molecular complexity index is 611. The van der Waals surface area contributed by atoms with Gasteiger partial charge in [-0.15, -0.1) is 13.2 Å². The zero-order valence-electron chi connectivity index (χ0n) is 10.9. The van der Waals surface area contributed by atoms with Crippen molar-refractivity contribution in [3.05, 3.63) is 47.9 Å². The third-order valence-corrected chi connectivity index (χ3v) is 2.56. The fraction of sp³-hybridized carbons (Fsp3) is 0.231. The Morgan fingerprint density at radius 1 is 1.38 bits per heavy atom. The van der Waals surface area contributed by atoms with Crippen LogP contribution in [0.4, 0.5) is 13.2 Å². The molecule has 5 nitrogen and oxygen atoms in total. The number of aromatic nitrogens is 1. The summed E-state index contributed by atoms with van der Waals surface area (Å²) < 4.78 is 44.8. The number of alkyl halides is 3. The third-order valence-electron chi connectivity index (χ3n) is 2.56. The molecule has 0 atom stereocenters. The van der Waals surface area contributed by atoms with Crippen molar-refractivity contribution in [3.8, 4) is 5.75 Å². The van der Waals surface area contributed by atoms with Crippen LogP contribution >= 0.6 is 0 Å². The number of hydrogen-bond donors (Lipinski definition) is 0. The van der Waals surface area contributed by atoms with E-state index in [2.05, 4.69) is 14.4 Å². The number of nitrogens with zero attached hydrogens (tertiary/aromatic N) is 2. The van der Waals surface area contributed by atoms with Crippen LogP contribution in [0, 0.1) is 0 Å². The summed E-state index contributed by atoms with van der Waals surface area (Å²) in [4.78, 5) is 13.2. The minimum atomic E-state index is -4.75. The number of carbonyl (C=O) groups excluding carboxylic acids is 1. The van der Waals surface area contributed by atoms with Crippen LogP contribution in [0.25, 0.3) is 0 Å². The van der Waals surface area contributed by atoms with Gasteiger partial charge in [0.2, 0.25) is 0 Å². The van der Waals surface area contributed by atoms with E-state index < -0.39 is 12.3 Å². The molecule has 0 spiro atoms. The van der Waals surface area contributed by atoms with Gasteiger partial charge in [-0.1, -0.05) is 17.3 Å². The molecule has 1 aromatic heterocycles.